The van der Waals surface area contributed by atoms with Crippen LogP contribution in [0.2, 0.25) is 0 Å². The summed E-state index contributed by atoms with van der Waals surface area (Å²) in [7, 11) is -7.61. The molecule has 3 rings (SSSR count). The maximum absolute atomic E-state index is 13.8. The van der Waals surface area contributed by atoms with Crippen molar-refractivity contribution in [3.8, 4) is 0 Å². The van der Waals surface area contributed by atoms with Gasteiger partial charge in [0.2, 0.25) is 20.0 Å². The summed E-state index contributed by atoms with van der Waals surface area (Å²) < 4.78 is 80.8. The molecule has 0 radical (unpaired) electrons. The first-order chi connectivity index (χ1) is 13.7. The summed E-state index contributed by atoms with van der Waals surface area (Å²) in [6.45, 7) is 0.214. The number of hydrogen-bond acceptors (Lipinski definition) is 4. The summed E-state index contributed by atoms with van der Waals surface area (Å²) in [5.41, 5.74) is 0.140. The third-order valence-corrected chi connectivity index (χ3v) is 8.45. The standard InChI is InChI=1S/C19H22F2N2O4S2/c20-18-8-3-1-6-16(18)14-28(24,25)22-10-5-11-23(13-12-22)29(26,27)15-17-7-2-4-9-19(17)21/h1-4,6-9H,5,10-15H2. The van der Waals surface area contributed by atoms with Crippen LogP contribution in [0.25, 0.3) is 0 Å². The van der Waals surface area contributed by atoms with Crippen molar-refractivity contribution in [2.24, 2.45) is 0 Å². The maximum atomic E-state index is 13.8. The van der Waals surface area contributed by atoms with E-state index in [0.29, 0.717) is 6.42 Å². The fourth-order valence-electron chi connectivity index (χ4n) is 3.23. The van der Waals surface area contributed by atoms with Gasteiger partial charge in [0.25, 0.3) is 0 Å². The minimum Gasteiger partial charge on any atom is -0.212 e. The first kappa shape index (κ1) is 21.8. The minimum absolute atomic E-state index is 0.0344. The molecule has 0 atom stereocenters. The summed E-state index contributed by atoms with van der Waals surface area (Å²) in [5, 5.41) is 0. The van der Waals surface area contributed by atoms with E-state index in [9.17, 15) is 25.6 Å². The van der Waals surface area contributed by atoms with Gasteiger partial charge in [-0.25, -0.2) is 34.2 Å². The van der Waals surface area contributed by atoms with Crippen LogP contribution in [0.5, 0.6) is 0 Å². The zero-order valence-corrected chi connectivity index (χ0v) is 17.3. The SMILES string of the molecule is O=S(=O)(Cc1ccccc1F)N1CCCN(S(=O)(=O)Cc2ccccc2F)CC1. The monoisotopic (exact) mass is 444 g/mol. The van der Waals surface area contributed by atoms with Gasteiger partial charge < -0.3 is 0 Å². The molecule has 0 aliphatic carbocycles. The second-order valence-corrected chi connectivity index (χ2v) is 10.8. The quantitative estimate of drug-likeness (QED) is 0.686. The molecule has 158 valence electrons. The van der Waals surface area contributed by atoms with Crippen molar-refractivity contribution in [1.82, 2.24) is 8.61 Å². The smallest absolute Gasteiger partial charge is 0.212 e. The zero-order valence-electron chi connectivity index (χ0n) is 15.7. The molecule has 0 aromatic heterocycles. The van der Waals surface area contributed by atoms with E-state index < -0.39 is 43.2 Å². The Kier molecular flexibility index (Phi) is 6.67. The van der Waals surface area contributed by atoms with Gasteiger partial charge >= 0.3 is 0 Å². The summed E-state index contributed by atoms with van der Waals surface area (Å²) in [6.07, 6.45) is 0.299. The Balaban J connectivity index is 1.69. The van der Waals surface area contributed by atoms with Crippen molar-refractivity contribution < 1.29 is 25.6 Å². The van der Waals surface area contributed by atoms with E-state index in [4.69, 9.17) is 0 Å². The molecule has 1 aliphatic rings. The van der Waals surface area contributed by atoms with E-state index in [-0.39, 0.29) is 37.3 Å². The molecule has 1 heterocycles. The molecule has 1 fully saturated rings. The number of rotatable bonds is 6. The van der Waals surface area contributed by atoms with Crippen molar-refractivity contribution in [2.75, 3.05) is 26.2 Å². The largest absolute Gasteiger partial charge is 0.218 e. The van der Waals surface area contributed by atoms with E-state index in [1.54, 1.807) is 12.1 Å². The first-order valence-electron chi connectivity index (χ1n) is 9.11. The number of hydrogen-bond donors (Lipinski definition) is 0. The van der Waals surface area contributed by atoms with Gasteiger partial charge in [0.1, 0.15) is 11.6 Å². The summed E-state index contributed by atoms with van der Waals surface area (Å²) in [4.78, 5) is 0. The highest BCUT2D eigenvalue weighted by Crippen LogP contribution is 2.19. The molecule has 10 heteroatoms. The van der Waals surface area contributed by atoms with Crippen LogP contribution < -0.4 is 0 Å². The van der Waals surface area contributed by atoms with Crippen LogP contribution >= 0.6 is 0 Å². The Labute approximate surface area is 169 Å². The summed E-state index contributed by atoms with van der Waals surface area (Å²) in [6, 6.07) is 11.3. The van der Waals surface area contributed by atoms with Crippen LogP contribution in [0.3, 0.4) is 0 Å². The molecule has 0 saturated carbocycles. The molecule has 0 amide bonds. The fraction of sp³-hybridized carbons (Fsp3) is 0.368. The Morgan fingerprint density at radius 3 is 1.41 bits per heavy atom. The average molecular weight is 445 g/mol. The van der Waals surface area contributed by atoms with Gasteiger partial charge in [0.05, 0.1) is 11.5 Å². The second kappa shape index (κ2) is 8.86. The predicted octanol–water partition coefficient (Wildman–Crippen LogP) is 2.33. The Bertz CT molecular complexity index is 990. The van der Waals surface area contributed by atoms with Crippen LogP contribution in [0.15, 0.2) is 48.5 Å². The number of sulfonamides is 2. The molecule has 6 nitrogen and oxygen atoms in total. The molecule has 0 N–H and O–H groups in total. The van der Waals surface area contributed by atoms with Crippen molar-refractivity contribution in [3.63, 3.8) is 0 Å². The van der Waals surface area contributed by atoms with Crippen LogP contribution in [0.4, 0.5) is 8.78 Å². The lowest BCUT2D eigenvalue weighted by molar-refractivity contribution is 0.403. The Morgan fingerprint density at radius 1 is 0.655 bits per heavy atom. The molecular weight excluding hydrogens is 422 g/mol. The van der Waals surface area contributed by atoms with E-state index in [1.165, 1.54) is 45.0 Å². The summed E-state index contributed by atoms with van der Waals surface area (Å²) >= 11 is 0. The fourth-order valence-corrected chi connectivity index (χ4v) is 6.39. The highest BCUT2D eigenvalue weighted by atomic mass is 32.2. The number of nitrogens with zero attached hydrogens (tertiary/aromatic N) is 2. The third-order valence-electron chi connectivity index (χ3n) is 4.79. The van der Waals surface area contributed by atoms with Crippen LogP contribution in [-0.4, -0.2) is 51.6 Å². The van der Waals surface area contributed by atoms with Crippen LogP contribution in [-0.2, 0) is 31.6 Å². The zero-order chi connectivity index (χ0) is 21.1. The maximum Gasteiger partial charge on any atom is 0.218 e. The molecule has 2 aromatic carbocycles. The Morgan fingerprint density at radius 2 is 1.03 bits per heavy atom. The van der Waals surface area contributed by atoms with E-state index >= 15 is 0 Å². The molecule has 1 saturated heterocycles. The molecular formula is C19H22F2N2O4S2. The Hall–Kier alpha value is -1.88. The highest BCUT2D eigenvalue weighted by molar-refractivity contribution is 7.88. The molecule has 2 aromatic rings. The lowest BCUT2D eigenvalue weighted by Crippen LogP contribution is -2.38. The van der Waals surface area contributed by atoms with Crippen LogP contribution in [0.1, 0.15) is 17.5 Å². The average Bonchev–Trinajstić information content (AvgIpc) is 2.93. The van der Waals surface area contributed by atoms with Gasteiger partial charge in [-0.05, 0) is 18.6 Å². The van der Waals surface area contributed by atoms with Crippen LogP contribution in [0, 0.1) is 11.6 Å². The molecule has 1 aliphatic heterocycles. The van der Waals surface area contributed by atoms with E-state index in [0.717, 1.165) is 0 Å². The topological polar surface area (TPSA) is 74.8 Å². The number of halogens is 2. The first-order valence-corrected chi connectivity index (χ1v) is 12.3. The van der Waals surface area contributed by atoms with E-state index in [1.807, 2.05) is 0 Å². The van der Waals surface area contributed by atoms with Gasteiger partial charge in [0, 0.05) is 37.3 Å². The predicted molar refractivity (Wildman–Crippen MR) is 106 cm³/mol. The lowest BCUT2D eigenvalue weighted by atomic mass is 10.2. The summed E-state index contributed by atoms with van der Waals surface area (Å²) in [5.74, 6) is -2.16. The van der Waals surface area contributed by atoms with E-state index in [2.05, 4.69) is 0 Å². The molecule has 0 spiro atoms. The van der Waals surface area contributed by atoms with Gasteiger partial charge in [-0.15, -0.1) is 0 Å². The van der Waals surface area contributed by atoms with Crippen molar-refractivity contribution in [1.29, 1.82) is 0 Å². The second-order valence-electron chi connectivity index (χ2n) is 6.85. The lowest BCUT2D eigenvalue weighted by Gasteiger charge is -2.22. The minimum atomic E-state index is -3.80. The van der Waals surface area contributed by atoms with Gasteiger partial charge in [0.15, 0.2) is 0 Å². The van der Waals surface area contributed by atoms with Gasteiger partial charge in [-0.3, -0.25) is 0 Å². The molecule has 0 bridgehead atoms. The van der Waals surface area contributed by atoms with Gasteiger partial charge in [-0.2, -0.15) is 0 Å². The van der Waals surface area contributed by atoms with Crippen molar-refractivity contribution in [2.45, 2.75) is 17.9 Å². The number of benzene rings is 2. The third kappa shape index (κ3) is 5.39. The highest BCUT2D eigenvalue weighted by Gasteiger charge is 2.31. The normalized spacial score (nSPS) is 17.2. The molecule has 0 unspecified atom stereocenters. The van der Waals surface area contributed by atoms with Crippen molar-refractivity contribution in [3.05, 3.63) is 71.3 Å². The van der Waals surface area contributed by atoms with Crippen molar-refractivity contribution >= 4 is 20.0 Å². The van der Waals surface area contributed by atoms with Gasteiger partial charge in [-0.1, -0.05) is 36.4 Å². The molecule has 29 heavy (non-hydrogen) atoms.